The van der Waals surface area contributed by atoms with E-state index in [1.807, 2.05) is 9.80 Å². The number of nitrogens with zero attached hydrogens (tertiary/aromatic N) is 4. The Balaban J connectivity index is 1.52. The Morgan fingerprint density at radius 1 is 1.19 bits per heavy atom. The van der Waals surface area contributed by atoms with Crippen LogP contribution in [0.25, 0.3) is 0 Å². The predicted molar refractivity (Wildman–Crippen MR) is 76.8 cm³/mol. The van der Waals surface area contributed by atoms with Gasteiger partial charge in [-0.15, -0.1) is 0 Å². The molecule has 1 unspecified atom stereocenters. The summed E-state index contributed by atoms with van der Waals surface area (Å²) in [5.41, 5.74) is 0. The molecule has 7 heteroatoms. The molecule has 3 aliphatic rings. The second-order valence-corrected chi connectivity index (χ2v) is 6.22. The van der Waals surface area contributed by atoms with Gasteiger partial charge in [-0.1, -0.05) is 0 Å². The molecule has 1 atom stereocenters. The van der Waals surface area contributed by atoms with E-state index in [0.29, 0.717) is 25.7 Å². The molecule has 3 aliphatic heterocycles. The van der Waals surface area contributed by atoms with Crippen molar-refractivity contribution in [1.29, 1.82) is 0 Å². The van der Waals surface area contributed by atoms with Crippen molar-refractivity contribution in [3.63, 3.8) is 0 Å². The van der Waals surface area contributed by atoms with Crippen molar-refractivity contribution in [2.75, 3.05) is 72.6 Å². The predicted octanol–water partition coefficient (Wildman–Crippen LogP) is -1.70. The maximum absolute atomic E-state index is 12.4. The highest BCUT2D eigenvalue weighted by atomic mass is 16.5. The maximum atomic E-state index is 12.4. The molecule has 3 saturated heterocycles. The average Bonchev–Trinajstić information content (AvgIpc) is 2.46. The molecule has 0 bridgehead atoms. The minimum Gasteiger partial charge on any atom is -0.463 e. The highest BCUT2D eigenvalue weighted by molar-refractivity contribution is 5.80. The van der Waals surface area contributed by atoms with Crippen molar-refractivity contribution in [3.05, 3.63) is 0 Å². The van der Waals surface area contributed by atoms with Crippen molar-refractivity contribution in [1.82, 2.24) is 19.6 Å². The van der Waals surface area contributed by atoms with Crippen molar-refractivity contribution in [2.24, 2.45) is 0 Å². The monoisotopic (exact) mass is 296 g/mol. The van der Waals surface area contributed by atoms with E-state index in [1.165, 1.54) is 0 Å². The molecule has 0 spiro atoms. The van der Waals surface area contributed by atoms with Crippen LogP contribution in [-0.4, -0.2) is 110 Å². The number of rotatable bonds is 2. The van der Waals surface area contributed by atoms with Crippen LogP contribution >= 0.6 is 0 Å². The third kappa shape index (κ3) is 3.53. The zero-order valence-corrected chi connectivity index (χ0v) is 12.7. The number of hydrogen-bond acceptors (Lipinski definition) is 6. The van der Waals surface area contributed by atoms with Crippen LogP contribution in [0.3, 0.4) is 0 Å². The van der Waals surface area contributed by atoms with Gasteiger partial charge in [-0.2, -0.15) is 0 Å². The lowest BCUT2D eigenvalue weighted by Gasteiger charge is -2.46. The first-order chi connectivity index (χ1) is 10.1. The fourth-order valence-corrected chi connectivity index (χ4v) is 3.36. The molecule has 0 aromatic rings. The summed E-state index contributed by atoms with van der Waals surface area (Å²) in [5, 5.41) is 0. The molecule has 3 fully saturated rings. The fraction of sp³-hybridized carbons (Fsp3) is 0.857. The van der Waals surface area contributed by atoms with Crippen LogP contribution in [-0.2, 0) is 14.3 Å². The number of piperazine rings is 2. The smallest absolute Gasteiger partial charge is 0.320 e. The SMILES string of the molecule is CN1CCN2CCN(C(=O)CN3CCOC(=O)C3)CC2C1. The van der Waals surface area contributed by atoms with Crippen LogP contribution in [0, 0.1) is 0 Å². The normalized spacial score (nSPS) is 29.1. The lowest BCUT2D eigenvalue weighted by Crippen LogP contribution is -2.62. The van der Waals surface area contributed by atoms with Crippen LogP contribution in [0.1, 0.15) is 0 Å². The van der Waals surface area contributed by atoms with E-state index >= 15 is 0 Å². The molecular weight excluding hydrogens is 272 g/mol. The number of carbonyl (C=O) groups is 2. The number of cyclic esters (lactones) is 1. The molecule has 1 amide bonds. The summed E-state index contributed by atoms with van der Waals surface area (Å²) < 4.78 is 4.90. The van der Waals surface area contributed by atoms with Crippen LogP contribution in [0.4, 0.5) is 0 Å². The fourth-order valence-electron chi connectivity index (χ4n) is 3.36. The number of amides is 1. The summed E-state index contributed by atoms with van der Waals surface area (Å²) in [6.07, 6.45) is 0. The van der Waals surface area contributed by atoms with Gasteiger partial charge in [-0.05, 0) is 7.05 Å². The molecule has 0 aromatic heterocycles. The minimum atomic E-state index is -0.229. The van der Waals surface area contributed by atoms with Crippen molar-refractivity contribution < 1.29 is 14.3 Å². The molecule has 0 radical (unpaired) electrons. The number of likely N-dealkylation sites (N-methyl/N-ethyl adjacent to an activating group) is 1. The molecule has 3 heterocycles. The highest BCUT2D eigenvalue weighted by Gasteiger charge is 2.33. The summed E-state index contributed by atoms with van der Waals surface area (Å²) >= 11 is 0. The zero-order chi connectivity index (χ0) is 14.8. The van der Waals surface area contributed by atoms with Crippen LogP contribution in [0.15, 0.2) is 0 Å². The van der Waals surface area contributed by atoms with E-state index in [0.717, 1.165) is 39.3 Å². The molecular formula is C14H24N4O3. The number of morpholine rings is 1. The van der Waals surface area contributed by atoms with E-state index in [-0.39, 0.29) is 18.4 Å². The molecule has 118 valence electrons. The number of esters is 1. The molecule has 0 aromatic carbocycles. The molecule has 7 nitrogen and oxygen atoms in total. The van der Waals surface area contributed by atoms with Gasteiger partial charge in [0.25, 0.3) is 0 Å². The Morgan fingerprint density at radius 2 is 2.00 bits per heavy atom. The van der Waals surface area contributed by atoms with Gasteiger partial charge in [-0.25, -0.2) is 0 Å². The van der Waals surface area contributed by atoms with E-state index < -0.39 is 0 Å². The Hall–Kier alpha value is -1.18. The van der Waals surface area contributed by atoms with Crippen LogP contribution in [0.5, 0.6) is 0 Å². The van der Waals surface area contributed by atoms with Crippen LogP contribution in [0.2, 0.25) is 0 Å². The third-order valence-electron chi connectivity index (χ3n) is 4.63. The Kier molecular flexibility index (Phi) is 4.42. The lowest BCUT2D eigenvalue weighted by atomic mass is 10.1. The van der Waals surface area contributed by atoms with Gasteiger partial charge < -0.3 is 14.5 Å². The summed E-state index contributed by atoms with van der Waals surface area (Å²) in [5.74, 6) is -0.0923. The summed E-state index contributed by atoms with van der Waals surface area (Å²) in [7, 11) is 2.14. The molecule has 0 N–H and O–H groups in total. The van der Waals surface area contributed by atoms with Crippen LogP contribution < -0.4 is 0 Å². The van der Waals surface area contributed by atoms with Gasteiger partial charge in [-0.3, -0.25) is 19.4 Å². The number of fused-ring (bicyclic) bond motifs is 1. The first kappa shape index (κ1) is 14.7. The largest absolute Gasteiger partial charge is 0.463 e. The number of carbonyl (C=O) groups excluding carboxylic acids is 2. The third-order valence-corrected chi connectivity index (χ3v) is 4.63. The van der Waals surface area contributed by atoms with Gasteiger partial charge in [0.2, 0.25) is 5.91 Å². The van der Waals surface area contributed by atoms with E-state index in [4.69, 9.17) is 4.74 Å². The van der Waals surface area contributed by atoms with E-state index in [1.54, 1.807) is 0 Å². The van der Waals surface area contributed by atoms with E-state index in [2.05, 4.69) is 16.8 Å². The Labute approximate surface area is 125 Å². The Morgan fingerprint density at radius 3 is 2.81 bits per heavy atom. The van der Waals surface area contributed by atoms with Gasteiger partial charge in [0.05, 0.1) is 13.1 Å². The standard InChI is InChI=1S/C14H24N4O3/c1-15-2-3-17-4-5-18(9-12(17)8-15)13(19)10-16-6-7-21-14(20)11-16/h12H,2-11H2,1H3. The molecule has 0 saturated carbocycles. The summed E-state index contributed by atoms with van der Waals surface area (Å²) in [6, 6.07) is 0.452. The average molecular weight is 296 g/mol. The van der Waals surface area contributed by atoms with Gasteiger partial charge in [0, 0.05) is 51.9 Å². The molecule has 21 heavy (non-hydrogen) atoms. The molecule has 0 aliphatic carbocycles. The maximum Gasteiger partial charge on any atom is 0.320 e. The summed E-state index contributed by atoms with van der Waals surface area (Å²) in [6.45, 7) is 7.43. The van der Waals surface area contributed by atoms with Gasteiger partial charge in [0.1, 0.15) is 6.61 Å². The van der Waals surface area contributed by atoms with Crippen molar-refractivity contribution >= 4 is 11.9 Å². The topological polar surface area (TPSA) is 56.3 Å². The first-order valence-electron chi connectivity index (χ1n) is 7.70. The van der Waals surface area contributed by atoms with Gasteiger partial charge in [0.15, 0.2) is 0 Å². The van der Waals surface area contributed by atoms with E-state index in [9.17, 15) is 9.59 Å². The first-order valence-corrected chi connectivity index (χ1v) is 7.70. The van der Waals surface area contributed by atoms with Gasteiger partial charge >= 0.3 is 5.97 Å². The zero-order valence-electron chi connectivity index (χ0n) is 12.7. The molecule has 3 rings (SSSR count). The number of ether oxygens (including phenoxy) is 1. The second kappa shape index (κ2) is 6.29. The second-order valence-electron chi connectivity index (χ2n) is 6.22. The Bertz CT molecular complexity index is 417. The minimum absolute atomic E-state index is 0.137. The summed E-state index contributed by atoms with van der Waals surface area (Å²) in [4.78, 5) is 32.3. The quantitative estimate of drug-likeness (QED) is 0.567. The lowest BCUT2D eigenvalue weighted by molar-refractivity contribution is -0.152. The highest BCUT2D eigenvalue weighted by Crippen LogP contribution is 2.15. The number of hydrogen-bond donors (Lipinski definition) is 0. The van der Waals surface area contributed by atoms with Crippen molar-refractivity contribution in [2.45, 2.75) is 6.04 Å². The van der Waals surface area contributed by atoms with Crippen molar-refractivity contribution in [3.8, 4) is 0 Å².